The van der Waals surface area contributed by atoms with Gasteiger partial charge >= 0.3 is 0 Å². The zero-order valence-electron chi connectivity index (χ0n) is 19.4. The van der Waals surface area contributed by atoms with Crippen LogP contribution >= 0.6 is 45.2 Å². The molecule has 1 aromatic heterocycles. The number of benzene rings is 4. The molecule has 5 rings (SSSR count). The fraction of sp³-hybridized carbons (Fsp3) is 0.0690. The van der Waals surface area contributed by atoms with Crippen LogP contribution in [-0.2, 0) is 6.61 Å². The van der Waals surface area contributed by atoms with Gasteiger partial charge in [-0.3, -0.25) is 4.79 Å². The molecule has 0 unspecified atom stereocenters. The molecule has 0 spiro atoms. The van der Waals surface area contributed by atoms with E-state index >= 15 is 0 Å². The van der Waals surface area contributed by atoms with E-state index in [1.54, 1.807) is 12.3 Å². The molecule has 7 heteroatoms. The van der Waals surface area contributed by atoms with Crippen LogP contribution in [0.1, 0.15) is 16.7 Å². The number of rotatable bonds is 6. The van der Waals surface area contributed by atoms with Gasteiger partial charge in [0.05, 0.1) is 24.3 Å². The summed E-state index contributed by atoms with van der Waals surface area (Å²) in [6.45, 7) is 2.57. The van der Waals surface area contributed by atoms with E-state index in [1.807, 2.05) is 66.7 Å². The molecule has 5 nitrogen and oxygen atoms in total. The van der Waals surface area contributed by atoms with E-state index in [4.69, 9.17) is 9.72 Å². The van der Waals surface area contributed by atoms with E-state index in [9.17, 15) is 4.79 Å². The van der Waals surface area contributed by atoms with E-state index in [0.717, 1.165) is 29.6 Å². The lowest BCUT2D eigenvalue weighted by atomic mass is 10.1. The number of fused-ring (bicyclic) bond motifs is 1. The number of ether oxygens (including phenoxy) is 1. The molecular weight excluding hydrogens is 676 g/mol. The molecule has 0 aliphatic heterocycles. The van der Waals surface area contributed by atoms with Crippen molar-refractivity contribution in [1.29, 1.82) is 0 Å². The molecule has 0 bridgehead atoms. The number of hydrogen-bond donors (Lipinski definition) is 0. The zero-order valence-corrected chi connectivity index (χ0v) is 23.7. The Balaban J connectivity index is 1.49. The van der Waals surface area contributed by atoms with Crippen molar-refractivity contribution in [3.63, 3.8) is 0 Å². The summed E-state index contributed by atoms with van der Waals surface area (Å²) in [4.78, 5) is 18.1. The Labute approximate surface area is 236 Å². The molecule has 0 radical (unpaired) electrons. The quantitative estimate of drug-likeness (QED) is 0.141. The number of halogens is 2. The summed E-state index contributed by atoms with van der Waals surface area (Å²) in [5.74, 6) is 1.34. The van der Waals surface area contributed by atoms with Crippen molar-refractivity contribution in [3.05, 3.63) is 125 Å². The van der Waals surface area contributed by atoms with Gasteiger partial charge in [0.1, 0.15) is 12.4 Å². The van der Waals surface area contributed by atoms with Crippen LogP contribution in [0, 0.1) is 14.1 Å². The summed E-state index contributed by atoms with van der Waals surface area (Å²) in [6.07, 6.45) is 1.69. The van der Waals surface area contributed by atoms with Crippen molar-refractivity contribution in [2.75, 3.05) is 0 Å². The van der Waals surface area contributed by atoms with Gasteiger partial charge in [0.15, 0.2) is 5.82 Å². The highest BCUT2D eigenvalue weighted by atomic mass is 127. The SMILES string of the molecule is Cc1cccc(COc2c(I)cc(C=Nn3c(-c4ccccc4)nc4ccccc4c3=O)cc2I)c1. The lowest BCUT2D eigenvalue weighted by molar-refractivity contribution is 0.301. The minimum atomic E-state index is -0.210. The van der Waals surface area contributed by atoms with Crippen molar-refractivity contribution < 1.29 is 4.74 Å². The van der Waals surface area contributed by atoms with Gasteiger partial charge in [-0.05, 0) is 87.5 Å². The molecule has 0 N–H and O–H groups in total. The summed E-state index contributed by atoms with van der Waals surface area (Å²) >= 11 is 4.55. The number of aryl methyl sites for hydroxylation is 1. The number of aromatic nitrogens is 2. The molecule has 0 aliphatic carbocycles. The Kier molecular flexibility index (Phi) is 7.47. The number of para-hydroxylation sites is 1. The molecule has 4 aromatic carbocycles. The average Bonchev–Trinajstić information content (AvgIpc) is 2.88. The number of hydrogen-bond acceptors (Lipinski definition) is 4. The molecule has 5 aromatic rings. The van der Waals surface area contributed by atoms with Gasteiger partial charge in [-0.1, -0.05) is 72.3 Å². The minimum absolute atomic E-state index is 0.210. The molecule has 0 amide bonds. The summed E-state index contributed by atoms with van der Waals surface area (Å²) in [5.41, 5.74) is 4.46. The standard InChI is InChI=1S/C29H21I2N3O2/c1-19-8-7-9-20(14-19)18-36-27-24(30)15-21(16-25(27)31)17-32-34-28(22-10-3-2-4-11-22)33-26-13-6-5-12-23(26)29(34)35/h2-17H,18H2,1H3. The van der Waals surface area contributed by atoms with Crippen molar-refractivity contribution >= 4 is 62.3 Å². The lowest BCUT2D eigenvalue weighted by Crippen LogP contribution is -2.20. The third-order valence-corrected chi connectivity index (χ3v) is 7.20. The first-order valence-corrected chi connectivity index (χ1v) is 13.4. The second-order valence-corrected chi connectivity index (χ2v) is 10.6. The molecule has 0 saturated carbocycles. The summed E-state index contributed by atoms with van der Waals surface area (Å²) in [5, 5.41) is 5.11. The Hall–Kier alpha value is -3.05. The Bertz CT molecular complexity index is 1620. The molecule has 0 aliphatic rings. The maximum absolute atomic E-state index is 13.4. The second-order valence-electron chi connectivity index (χ2n) is 8.27. The third kappa shape index (κ3) is 5.36. The Morgan fingerprint density at radius 2 is 1.64 bits per heavy atom. The topological polar surface area (TPSA) is 56.5 Å². The van der Waals surface area contributed by atoms with Crippen molar-refractivity contribution in [2.24, 2.45) is 5.10 Å². The molecule has 0 fully saturated rings. The van der Waals surface area contributed by atoms with Crippen LogP contribution in [-0.4, -0.2) is 15.9 Å². The maximum atomic E-state index is 13.4. The van der Waals surface area contributed by atoms with Gasteiger partial charge in [0.25, 0.3) is 5.56 Å². The van der Waals surface area contributed by atoms with E-state index < -0.39 is 0 Å². The van der Waals surface area contributed by atoms with Crippen LogP contribution < -0.4 is 10.3 Å². The van der Waals surface area contributed by atoms with Crippen LogP contribution in [0.3, 0.4) is 0 Å². The first-order chi connectivity index (χ1) is 17.5. The van der Waals surface area contributed by atoms with Crippen molar-refractivity contribution in [1.82, 2.24) is 9.66 Å². The highest BCUT2D eigenvalue weighted by Gasteiger charge is 2.13. The zero-order chi connectivity index (χ0) is 25.1. The first kappa shape index (κ1) is 24.6. The van der Waals surface area contributed by atoms with Crippen LogP contribution in [0.4, 0.5) is 0 Å². The van der Waals surface area contributed by atoms with E-state index in [1.165, 1.54) is 10.2 Å². The van der Waals surface area contributed by atoms with Gasteiger partial charge in [-0.15, -0.1) is 0 Å². The summed E-state index contributed by atoms with van der Waals surface area (Å²) < 4.78 is 9.47. The minimum Gasteiger partial charge on any atom is -0.487 e. The van der Waals surface area contributed by atoms with Gasteiger partial charge < -0.3 is 4.74 Å². The molecule has 1 heterocycles. The van der Waals surface area contributed by atoms with Gasteiger partial charge in [0, 0.05) is 5.56 Å². The maximum Gasteiger partial charge on any atom is 0.282 e. The lowest BCUT2D eigenvalue weighted by Gasteiger charge is -2.12. The average molecular weight is 697 g/mol. The predicted octanol–water partition coefficient (Wildman–Crippen LogP) is 7.04. The van der Waals surface area contributed by atoms with Crippen molar-refractivity contribution in [3.8, 4) is 17.1 Å². The van der Waals surface area contributed by atoms with Crippen LogP contribution in [0.2, 0.25) is 0 Å². The molecular formula is C29H21I2N3O2. The fourth-order valence-electron chi connectivity index (χ4n) is 3.88. The van der Waals surface area contributed by atoms with Crippen LogP contribution in [0.25, 0.3) is 22.3 Å². The predicted molar refractivity (Wildman–Crippen MR) is 162 cm³/mol. The van der Waals surface area contributed by atoms with E-state index in [2.05, 4.69) is 75.4 Å². The van der Waals surface area contributed by atoms with Crippen molar-refractivity contribution in [2.45, 2.75) is 13.5 Å². The molecule has 0 saturated heterocycles. The first-order valence-electron chi connectivity index (χ1n) is 11.3. The van der Waals surface area contributed by atoms with Gasteiger partial charge in [-0.2, -0.15) is 9.78 Å². The Morgan fingerprint density at radius 1 is 0.917 bits per heavy atom. The van der Waals surface area contributed by atoms with Gasteiger partial charge in [0.2, 0.25) is 0 Å². The highest BCUT2D eigenvalue weighted by Crippen LogP contribution is 2.29. The van der Waals surface area contributed by atoms with E-state index in [-0.39, 0.29) is 5.56 Å². The third-order valence-electron chi connectivity index (χ3n) is 5.59. The number of nitrogens with zero attached hydrogens (tertiary/aromatic N) is 3. The monoisotopic (exact) mass is 697 g/mol. The largest absolute Gasteiger partial charge is 0.487 e. The summed E-state index contributed by atoms with van der Waals surface area (Å²) in [6, 6.07) is 29.3. The van der Waals surface area contributed by atoms with Crippen LogP contribution in [0.15, 0.2) is 101 Å². The summed E-state index contributed by atoms with van der Waals surface area (Å²) in [7, 11) is 0. The molecule has 178 valence electrons. The Morgan fingerprint density at radius 3 is 2.39 bits per heavy atom. The second kappa shape index (κ2) is 10.9. The van der Waals surface area contributed by atoms with E-state index in [0.29, 0.717) is 23.3 Å². The van der Waals surface area contributed by atoms with Gasteiger partial charge in [-0.25, -0.2) is 4.98 Å². The normalized spacial score (nSPS) is 11.3. The molecule has 36 heavy (non-hydrogen) atoms. The smallest absolute Gasteiger partial charge is 0.282 e. The van der Waals surface area contributed by atoms with Crippen LogP contribution in [0.5, 0.6) is 5.75 Å². The molecule has 0 atom stereocenters. The fourth-order valence-corrected chi connectivity index (χ4v) is 6.01. The highest BCUT2D eigenvalue weighted by molar-refractivity contribution is 14.1.